The molecule has 0 radical (unpaired) electrons. The molecule has 0 saturated heterocycles. The number of aromatic hydroxyl groups is 8. The smallest absolute Gasteiger partial charge is 0.143 e. The minimum atomic E-state index is -0.669. The van der Waals surface area contributed by atoms with E-state index < -0.39 is 23.7 Å². The fourth-order valence-electron chi connectivity index (χ4n) is 8.64. The Morgan fingerprint density at radius 2 is 0.941 bits per heavy atom. The molecule has 2 aliphatic carbocycles. The van der Waals surface area contributed by atoms with Crippen molar-refractivity contribution in [2.45, 2.75) is 23.7 Å². The molecule has 8 N–H and O–H groups in total. The first-order valence-electron chi connectivity index (χ1n) is 16.4. The lowest BCUT2D eigenvalue weighted by Gasteiger charge is -2.34. The van der Waals surface area contributed by atoms with Crippen LogP contribution in [0.2, 0.25) is 0 Å². The van der Waals surface area contributed by atoms with Crippen molar-refractivity contribution in [2.24, 2.45) is 0 Å². The van der Waals surface area contributed by atoms with E-state index in [9.17, 15) is 40.9 Å². The van der Waals surface area contributed by atoms with Crippen LogP contribution in [-0.4, -0.2) is 40.9 Å². The maximum absolute atomic E-state index is 12.1. The predicted octanol–water partition coefficient (Wildman–Crippen LogP) is 8.57. The highest BCUT2D eigenvalue weighted by molar-refractivity contribution is 6.08. The van der Waals surface area contributed by atoms with Gasteiger partial charge in [0.2, 0.25) is 0 Å². The fraction of sp³-hybridized carbons (Fsp3) is 0.0952. The van der Waals surface area contributed by atoms with Gasteiger partial charge in [0.15, 0.2) is 0 Å². The minimum absolute atomic E-state index is 0.0443. The largest absolute Gasteiger partial charge is 0.508 e. The average Bonchev–Trinajstić information content (AvgIpc) is 3.60. The van der Waals surface area contributed by atoms with Crippen molar-refractivity contribution in [3.63, 3.8) is 0 Å². The van der Waals surface area contributed by atoms with E-state index in [1.54, 1.807) is 78.9 Å². The normalized spacial score (nSPS) is 18.8. The summed E-state index contributed by atoms with van der Waals surface area (Å²) < 4.78 is 6.58. The van der Waals surface area contributed by atoms with Gasteiger partial charge < -0.3 is 45.3 Å². The topological polar surface area (TPSA) is 175 Å². The van der Waals surface area contributed by atoms with Crippen LogP contribution in [0.3, 0.4) is 0 Å². The Bertz CT molecular complexity index is 2500. The molecule has 6 aromatic carbocycles. The van der Waals surface area contributed by atoms with Gasteiger partial charge in [0.25, 0.3) is 0 Å². The third kappa shape index (κ3) is 4.55. The number of fused-ring (bicyclic) bond motifs is 2. The lowest BCUT2D eigenvalue weighted by Crippen LogP contribution is -2.19. The summed E-state index contributed by atoms with van der Waals surface area (Å²) in [5, 5.41) is 88.0. The molecule has 0 unspecified atom stereocenters. The summed E-state index contributed by atoms with van der Waals surface area (Å²) in [5.41, 5.74) is 5.70. The lowest BCUT2D eigenvalue weighted by atomic mass is 9.69. The first-order chi connectivity index (χ1) is 24.6. The number of furan rings is 1. The molecule has 9 heteroatoms. The molecule has 7 aromatic rings. The summed E-state index contributed by atoms with van der Waals surface area (Å²) in [5.74, 6) is -2.72. The molecule has 9 nitrogen and oxygen atoms in total. The maximum Gasteiger partial charge on any atom is 0.143 e. The zero-order valence-electron chi connectivity index (χ0n) is 26.7. The zero-order valence-corrected chi connectivity index (χ0v) is 26.7. The van der Waals surface area contributed by atoms with Crippen LogP contribution in [0.5, 0.6) is 46.0 Å². The Morgan fingerprint density at radius 1 is 0.412 bits per heavy atom. The van der Waals surface area contributed by atoms with E-state index in [-0.39, 0.29) is 46.0 Å². The molecule has 0 amide bonds. The van der Waals surface area contributed by atoms with Gasteiger partial charge in [0.05, 0.1) is 0 Å². The Hall–Kier alpha value is -6.74. The van der Waals surface area contributed by atoms with Gasteiger partial charge in [-0.3, -0.25) is 0 Å². The van der Waals surface area contributed by atoms with E-state index in [0.29, 0.717) is 55.7 Å². The summed E-state index contributed by atoms with van der Waals surface area (Å²) in [6, 6.07) is 28.6. The predicted molar refractivity (Wildman–Crippen MR) is 189 cm³/mol. The minimum Gasteiger partial charge on any atom is -0.508 e. The highest BCUT2D eigenvalue weighted by atomic mass is 16.3. The number of phenolic OH excluding ortho intramolecular Hbond substituents is 8. The average molecular weight is 679 g/mol. The van der Waals surface area contributed by atoms with Gasteiger partial charge in [-0.25, -0.2) is 0 Å². The van der Waals surface area contributed by atoms with Crippen LogP contribution in [0.15, 0.2) is 114 Å². The highest BCUT2D eigenvalue weighted by Gasteiger charge is 2.52. The van der Waals surface area contributed by atoms with Gasteiger partial charge in [-0.1, -0.05) is 24.3 Å². The SMILES string of the molecule is Oc1ccc(-c2oc3cc(O)c4c5c3c2-c2cc(O)cc(O)c2[C@H](c2ccc(O)cc2)[C@@H]5[C@H](c2ccc(O)cc2)[C@@H]4c2cc(O)cc(O)c2)cc1. The van der Waals surface area contributed by atoms with Crippen molar-refractivity contribution < 1.29 is 45.3 Å². The second-order valence-corrected chi connectivity index (χ2v) is 13.3. The molecule has 252 valence electrons. The van der Waals surface area contributed by atoms with Crippen LogP contribution >= 0.6 is 0 Å². The summed E-state index contributed by atoms with van der Waals surface area (Å²) in [7, 11) is 0. The van der Waals surface area contributed by atoms with Gasteiger partial charge in [0.1, 0.15) is 57.3 Å². The second-order valence-electron chi connectivity index (χ2n) is 13.3. The molecule has 1 aromatic heterocycles. The Labute approximate surface area is 290 Å². The van der Waals surface area contributed by atoms with Gasteiger partial charge in [-0.05, 0) is 94.5 Å². The van der Waals surface area contributed by atoms with Crippen molar-refractivity contribution >= 4 is 11.0 Å². The number of phenols is 8. The summed E-state index contributed by atoms with van der Waals surface area (Å²) >= 11 is 0. The van der Waals surface area contributed by atoms with E-state index >= 15 is 0 Å². The molecule has 0 spiro atoms. The van der Waals surface area contributed by atoms with Crippen LogP contribution in [0.1, 0.15) is 57.1 Å². The monoisotopic (exact) mass is 678 g/mol. The first kappa shape index (κ1) is 30.3. The Morgan fingerprint density at radius 3 is 1.57 bits per heavy atom. The number of benzene rings is 6. The van der Waals surface area contributed by atoms with E-state index in [1.807, 2.05) is 0 Å². The first-order valence-corrected chi connectivity index (χ1v) is 16.4. The van der Waals surface area contributed by atoms with E-state index in [4.69, 9.17) is 4.42 Å². The van der Waals surface area contributed by atoms with Crippen molar-refractivity contribution in [1.29, 1.82) is 0 Å². The summed E-state index contributed by atoms with van der Waals surface area (Å²) in [6.45, 7) is 0. The molecule has 9 rings (SSSR count). The molecule has 4 atom stereocenters. The van der Waals surface area contributed by atoms with Gasteiger partial charge in [-0.15, -0.1) is 0 Å². The zero-order chi connectivity index (χ0) is 35.3. The van der Waals surface area contributed by atoms with E-state index in [2.05, 4.69) is 0 Å². The molecular formula is C42H30O9. The van der Waals surface area contributed by atoms with E-state index in [0.717, 1.165) is 11.1 Å². The second kappa shape index (κ2) is 10.9. The standard InChI is InChI=1S/C42H30O9/c43-23-7-1-19(2-8-23)33-35(22-13-26(46)15-27(47)14-22)38-31(50)18-32-39-37(42(51-32)21-5-11-25(45)12-6-21)29-16-28(48)17-30(49)36(29)34(40(33)41(38)39)20-3-9-24(44)10-4-20/h1-18,33-35,40,43-50H/t33-,34+,35+,40+/m1/s1. The molecule has 51 heavy (non-hydrogen) atoms. The van der Waals surface area contributed by atoms with Gasteiger partial charge in [0, 0.05) is 69.5 Å². The van der Waals surface area contributed by atoms with E-state index in [1.165, 1.54) is 30.3 Å². The number of rotatable bonds is 4. The molecule has 0 fully saturated rings. The van der Waals surface area contributed by atoms with Gasteiger partial charge in [-0.2, -0.15) is 0 Å². The summed E-state index contributed by atoms with van der Waals surface area (Å²) in [6.07, 6.45) is 0. The van der Waals surface area contributed by atoms with Crippen LogP contribution < -0.4 is 0 Å². The molecule has 0 bridgehead atoms. The third-order valence-corrected chi connectivity index (χ3v) is 10.5. The third-order valence-electron chi connectivity index (χ3n) is 10.5. The van der Waals surface area contributed by atoms with Crippen LogP contribution in [-0.2, 0) is 0 Å². The molecule has 0 saturated carbocycles. The van der Waals surface area contributed by atoms with Crippen molar-refractivity contribution in [3.8, 4) is 68.4 Å². The highest BCUT2D eigenvalue weighted by Crippen LogP contribution is 2.68. The molecular weight excluding hydrogens is 648 g/mol. The Kier molecular flexibility index (Phi) is 6.47. The molecule has 0 aliphatic heterocycles. The quantitative estimate of drug-likeness (QED) is 0.0907. The Balaban J connectivity index is 1.49. The fourth-order valence-corrected chi connectivity index (χ4v) is 8.64. The van der Waals surface area contributed by atoms with Crippen LogP contribution in [0.4, 0.5) is 0 Å². The van der Waals surface area contributed by atoms with Crippen molar-refractivity contribution in [1.82, 2.24) is 0 Å². The maximum atomic E-state index is 12.1. The van der Waals surface area contributed by atoms with Gasteiger partial charge >= 0.3 is 0 Å². The molecule has 1 heterocycles. The van der Waals surface area contributed by atoms with Crippen molar-refractivity contribution in [3.05, 3.63) is 143 Å². The lowest BCUT2D eigenvalue weighted by molar-refractivity contribution is 0.429. The molecule has 2 aliphatic rings. The van der Waals surface area contributed by atoms with Crippen LogP contribution in [0, 0.1) is 0 Å². The number of hydrogen-bond acceptors (Lipinski definition) is 9. The summed E-state index contributed by atoms with van der Waals surface area (Å²) in [4.78, 5) is 0. The number of hydrogen-bond donors (Lipinski definition) is 8. The van der Waals surface area contributed by atoms with Crippen molar-refractivity contribution in [2.75, 3.05) is 0 Å². The van der Waals surface area contributed by atoms with Crippen LogP contribution in [0.25, 0.3) is 33.4 Å².